The molecule has 5 rings (SSSR count). The van der Waals surface area contributed by atoms with Crippen molar-refractivity contribution in [1.82, 2.24) is 19.9 Å². The van der Waals surface area contributed by atoms with Gasteiger partial charge in [0.15, 0.2) is 0 Å². The van der Waals surface area contributed by atoms with Gasteiger partial charge >= 0.3 is 0 Å². The van der Waals surface area contributed by atoms with Crippen molar-refractivity contribution in [2.24, 2.45) is 0 Å². The van der Waals surface area contributed by atoms with E-state index in [9.17, 15) is 4.79 Å². The minimum Gasteiger partial charge on any atom is -0.355 e. The van der Waals surface area contributed by atoms with Gasteiger partial charge in [0.25, 0.3) is 0 Å². The second kappa shape index (κ2) is 15.1. The van der Waals surface area contributed by atoms with Crippen LogP contribution in [0.4, 0.5) is 0 Å². The normalized spacial score (nSPS) is 13.5. The molecule has 4 aromatic rings. The molecule has 1 aliphatic rings. The maximum Gasteiger partial charge on any atom is 0.142 e. The third-order valence-corrected chi connectivity index (χ3v) is 8.96. The zero-order chi connectivity index (χ0) is 30.9. The molecule has 5 nitrogen and oxygen atoms in total. The first-order valence-corrected chi connectivity index (χ1v) is 17.0. The zero-order valence-corrected chi connectivity index (χ0v) is 27.2. The van der Waals surface area contributed by atoms with Crippen molar-refractivity contribution in [2.75, 3.05) is 0 Å². The molecule has 0 amide bonds. The molecule has 0 unspecified atom stereocenters. The van der Waals surface area contributed by atoms with Crippen molar-refractivity contribution in [3.8, 4) is 0 Å². The number of H-pyrrole nitrogens is 4. The smallest absolute Gasteiger partial charge is 0.142 e. The van der Waals surface area contributed by atoms with Gasteiger partial charge < -0.3 is 19.9 Å². The van der Waals surface area contributed by atoms with Crippen LogP contribution in [0.2, 0.25) is 0 Å². The van der Waals surface area contributed by atoms with Crippen LogP contribution in [0, 0.1) is 0 Å². The standard InChI is InChI=1S/C39H50N4O/c1-5-9-15-28-32-19-20-33(40-32)29(16-10-6-2)35-23-24-37(42-35)31(18-12-8-4)39-27(14-13-25-44)26-38(43-39)30(17-11-7-3)36-22-21-34(28)41-36/h13-14,19-26,40-43H,5-12,15-18H2,1-4H3. The monoisotopic (exact) mass is 590 g/mol. The third-order valence-electron chi connectivity index (χ3n) is 8.96. The van der Waals surface area contributed by atoms with E-state index >= 15 is 0 Å². The number of aldehydes is 1. The van der Waals surface area contributed by atoms with Crippen molar-refractivity contribution >= 4 is 34.7 Å². The lowest BCUT2D eigenvalue weighted by Crippen LogP contribution is -2.19. The summed E-state index contributed by atoms with van der Waals surface area (Å²) in [5.41, 5.74) is 10.9. The Hall–Kier alpha value is -3.99. The van der Waals surface area contributed by atoms with Crippen LogP contribution in [0.3, 0.4) is 0 Å². The van der Waals surface area contributed by atoms with Gasteiger partial charge in [-0.2, -0.15) is 0 Å². The predicted molar refractivity (Wildman–Crippen MR) is 185 cm³/mol. The van der Waals surface area contributed by atoms with Crippen LogP contribution in [-0.4, -0.2) is 26.2 Å². The van der Waals surface area contributed by atoms with Crippen molar-refractivity contribution in [1.29, 1.82) is 0 Å². The highest BCUT2D eigenvalue weighted by Gasteiger charge is 2.16. The summed E-state index contributed by atoms with van der Waals surface area (Å²) < 4.78 is 0. The predicted octanol–water partition coefficient (Wildman–Crippen LogP) is 7.08. The molecular formula is C39H50N4O. The topological polar surface area (TPSA) is 80.2 Å². The summed E-state index contributed by atoms with van der Waals surface area (Å²) in [5.74, 6) is 0. The molecule has 5 heteroatoms. The van der Waals surface area contributed by atoms with Crippen molar-refractivity contribution in [3.63, 3.8) is 0 Å². The molecule has 4 N–H and O–H groups in total. The molecule has 0 fully saturated rings. The van der Waals surface area contributed by atoms with E-state index in [0.29, 0.717) is 0 Å². The molecule has 0 aromatic carbocycles. The number of aromatic amines is 4. The first kappa shape index (κ1) is 31.4. The SMILES string of the molecule is CCCCC1=c2ccc([nH]2)=C(CCCC)c2ccc([nH]2)C(CCCC)=c2[nH]c(cc2C=CC=O)=C(CCCC)c2ccc1[nH]2. The minimum atomic E-state index is 0.871. The molecule has 4 aromatic heterocycles. The van der Waals surface area contributed by atoms with E-state index in [2.05, 4.69) is 90.1 Å². The summed E-state index contributed by atoms with van der Waals surface area (Å²) in [7, 11) is 0. The van der Waals surface area contributed by atoms with Crippen LogP contribution in [-0.2, 0) is 4.79 Å². The Kier molecular flexibility index (Phi) is 10.8. The summed E-state index contributed by atoms with van der Waals surface area (Å²) in [6.07, 6.45) is 17.4. The fourth-order valence-electron chi connectivity index (χ4n) is 6.45. The number of rotatable bonds is 14. The van der Waals surface area contributed by atoms with E-state index in [4.69, 9.17) is 0 Å². The van der Waals surface area contributed by atoms with Gasteiger partial charge in [0.05, 0.1) is 5.35 Å². The van der Waals surface area contributed by atoms with Crippen LogP contribution in [0.1, 0.15) is 133 Å². The van der Waals surface area contributed by atoms with Crippen LogP contribution in [0.15, 0.2) is 48.5 Å². The van der Waals surface area contributed by atoms with E-state index in [1.807, 2.05) is 6.08 Å². The molecule has 0 radical (unpaired) electrons. The van der Waals surface area contributed by atoms with Crippen LogP contribution < -0.4 is 21.4 Å². The Morgan fingerprint density at radius 1 is 0.523 bits per heavy atom. The molecule has 0 spiro atoms. The number of aromatic nitrogens is 4. The summed E-state index contributed by atoms with van der Waals surface area (Å²) >= 11 is 0. The number of fused-ring (bicyclic) bond motifs is 8. The fourth-order valence-corrected chi connectivity index (χ4v) is 6.45. The Labute approximate surface area is 262 Å². The number of hydrogen-bond acceptors (Lipinski definition) is 1. The number of carbonyl (C=O) groups excluding carboxylic acids is 1. The molecule has 8 bridgehead atoms. The van der Waals surface area contributed by atoms with Crippen molar-refractivity contribution in [3.05, 3.63) is 98.3 Å². The van der Waals surface area contributed by atoms with E-state index in [-0.39, 0.29) is 0 Å². The lowest BCUT2D eigenvalue weighted by Gasteiger charge is -2.08. The minimum absolute atomic E-state index is 0.871. The lowest BCUT2D eigenvalue weighted by atomic mass is 10.0. The quantitative estimate of drug-likeness (QED) is 0.0919. The summed E-state index contributed by atoms with van der Waals surface area (Å²) in [6.45, 7) is 9.01. The molecule has 5 heterocycles. The molecule has 232 valence electrons. The number of hydrogen-bond donors (Lipinski definition) is 4. The Morgan fingerprint density at radius 3 is 1.41 bits per heavy atom. The van der Waals surface area contributed by atoms with E-state index in [1.54, 1.807) is 6.08 Å². The highest BCUT2D eigenvalue weighted by Crippen LogP contribution is 2.25. The number of allylic oxidation sites excluding steroid dienone is 1. The second-order valence-corrected chi connectivity index (χ2v) is 12.2. The third kappa shape index (κ3) is 6.88. The lowest BCUT2D eigenvalue weighted by molar-refractivity contribution is -0.104. The van der Waals surface area contributed by atoms with Gasteiger partial charge in [-0.25, -0.2) is 0 Å². The average molecular weight is 591 g/mol. The molecule has 1 aliphatic heterocycles. The van der Waals surface area contributed by atoms with Gasteiger partial charge in [0.2, 0.25) is 0 Å². The van der Waals surface area contributed by atoms with E-state index in [1.165, 1.54) is 44.4 Å². The Balaban J connectivity index is 1.91. The van der Waals surface area contributed by atoms with Gasteiger partial charge in [-0.15, -0.1) is 0 Å². The zero-order valence-electron chi connectivity index (χ0n) is 27.2. The first-order chi connectivity index (χ1) is 21.6. The van der Waals surface area contributed by atoms with Crippen LogP contribution in [0.5, 0.6) is 0 Å². The summed E-state index contributed by atoms with van der Waals surface area (Å²) in [5, 5.41) is 4.60. The first-order valence-electron chi connectivity index (χ1n) is 17.0. The molecular weight excluding hydrogens is 540 g/mol. The molecule has 0 saturated heterocycles. The average Bonchev–Trinajstić information content (AvgIpc) is 3.85. The Morgan fingerprint density at radius 2 is 0.955 bits per heavy atom. The molecule has 44 heavy (non-hydrogen) atoms. The molecule has 0 aliphatic carbocycles. The highest BCUT2D eigenvalue weighted by atomic mass is 16.1. The van der Waals surface area contributed by atoms with E-state index in [0.717, 1.165) is 111 Å². The van der Waals surface area contributed by atoms with Crippen molar-refractivity contribution in [2.45, 2.75) is 105 Å². The van der Waals surface area contributed by atoms with Crippen molar-refractivity contribution < 1.29 is 4.79 Å². The van der Waals surface area contributed by atoms with Crippen LogP contribution in [0.25, 0.3) is 28.4 Å². The molecule has 0 atom stereocenters. The Bertz CT molecular complexity index is 1830. The van der Waals surface area contributed by atoms with Crippen LogP contribution >= 0.6 is 0 Å². The maximum atomic E-state index is 11.5. The van der Waals surface area contributed by atoms with Gasteiger partial charge in [0, 0.05) is 44.4 Å². The highest BCUT2D eigenvalue weighted by molar-refractivity contribution is 5.77. The summed E-state index contributed by atoms with van der Waals surface area (Å²) in [4.78, 5) is 26.9. The second-order valence-electron chi connectivity index (χ2n) is 12.2. The number of nitrogens with one attached hydrogen (secondary N) is 4. The molecule has 0 saturated carbocycles. The van der Waals surface area contributed by atoms with E-state index < -0.39 is 0 Å². The largest absolute Gasteiger partial charge is 0.355 e. The maximum absolute atomic E-state index is 11.5. The fraction of sp³-hybridized carbons (Fsp3) is 0.410. The summed E-state index contributed by atoms with van der Waals surface area (Å²) in [6, 6.07) is 15.8. The van der Waals surface area contributed by atoms with Gasteiger partial charge in [0.1, 0.15) is 6.29 Å². The van der Waals surface area contributed by atoms with Gasteiger partial charge in [-0.05, 0) is 128 Å². The number of unbranched alkanes of at least 4 members (excludes halogenated alkanes) is 4. The van der Waals surface area contributed by atoms with Gasteiger partial charge in [-0.1, -0.05) is 53.4 Å². The van der Waals surface area contributed by atoms with Gasteiger partial charge in [-0.3, -0.25) is 4.79 Å². The number of carbonyl (C=O) groups is 1.